The van der Waals surface area contributed by atoms with E-state index in [0.717, 1.165) is 28.8 Å². The minimum absolute atomic E-state index is 0.251. The Bertz CT molecular complexity index is 731. The number of nitrogen functional groups attached to an aromatic ring is 1. The lowest BCUT2D eigenvalue weighted by molar-refractivity contribution is 1.05. The Morgan fingerprint density at radius 2 is 1.80 bits per heavy atom. The summed E-state index contributed by atoms with van der Waals surface area (Å²) in [7, 11) is 0. The van der Waals surface area contributed by atoms with Crippen molar-refractivity contribution in [1.29, 1.82) is 10.5 Å². The smallest absolute Gasteiger partial charge is 0.142 e. The molecule has 1 aromatic carbocycles. The Kier molecular flexibility index (Phi) is 3.68. The lowest BCUT2D eigenvalue weighted by Gasteiger charge is -2.14. The van der Waals surface area contributed by atoms with Gasteiger partial charge in [-0.2, -0.15) is 10.5 Å². The quantitative estimate of drug-likeness (QED) is 0.901. The second kappa shape index (κ2) is 5.42. The van der Waals surface area contributed by atoms with Gasteiger partial charge in [-0.1, -0.05) is 19.1 Å². The van der Waals surface area contributed by atoms with Crippen molar-refractivity contribution in [3.63, 3.8) is 0 Å². The van der Waals surface area contributed by atoms with Gasteiger partial charge in [-0.05, 0) is 36.6 Å². The molecule has 0 aliphatic heterocycles. The molecule has 2 rings (SSSR count). The van der Waals surface area contributed by atoms with Crippen molar-refractivity contribution in [2.24, 2.45) is 0 Å². The van der Waals surface area contributed by atoms with Crippen LogP contribution in [0.2, 0.25) is 0 Å². The lowest BCUT2D eigenvalue weighted by Crippen LogP contribution is -2.04. The Balaban J connectivity index is 2.77. The molecule has 1 aromatic heterocycles. The number of pyridine rings is 1. The Hall–Kier alpha value is -2.85. The zero-order valence-corrected chi connectivity index (χ0v) is 11.4. The number of anilines is 1. The Labute approximate surface area is 118 Å². The number of benzene rings is 1. The van der Waals surface area contributed by atoms with E-state index in [1.165, 1.54) is 0 Å². The highest BCUT2D eigenvalue weighted by atomic mass is 14.8. The number of aryl methyl sites for hydroxylation is 1. The number of hydrogen-bond acceptors (Lipinski definition) is 4. The SMILES string of the molecule is CCc1c(C)nc(N)c(C#N)c1-c1ccc(C#N)cc1. The topological polar surface area (TPSA) is 86.5 Å². The van der Waals surface area contributed by atoms with E-state index in [1.54, 1.807) is 12.1 Å². The van der Waals surface area contributed by atoms with Crippen molar-refractivity contribution in [3.8, 4) is 23.3 Å². The molecule has 4 heteroatoms. The molecule has 0 saturated heterocycles. The first-order valence-electron chi connectivity index (χ1n) is 6.32. The molecule has 4 nitrogen and oxygen atoms in total. The van der Waals surface area contributed by atoms with Crippen LogP contribution in [0.1, 0.15) is 29.3 Å². The van der Waals surface area contributed by atoms with E-state index in [-0.39, 0.29) is 5.82 Å². The van der Waals surface area contributed by atoms with Crippen LogP contribution in [0.25, 0.3) is 11.1 Å². The Morgan fingerprint density at radius 3 is 2.30 bits per heavy atom. The van der Waals surface area contributed by atoms with Crippen LogP contribution < -0.4 is 5.73 Å². The lowest BCUT2D eigenvalue weighted by atomic mass is 9.92. The average Bonchev–Trinajstić information content (AvgIpc) is 2.46. The molecule has 2 N–H and O–H groups in total. The molecule has 0 amide bonds. The first-order chi connectivity index (χ1) is 9.62. The Morgan fingerprint density at radius 1 is 1.15 bits per heavy atom. The summed E-state index contributed by atoms with van der Waals surface area (Å²) in [6.45, 7) is 3.91. The molecule has 0 bridgehead atoms. The maximum absolute atomic E-state index is 9.35. The van der Waals surface area contributed by atoms with Gasteiger partial charge < -0.3 is 5.73 Å². The summed E-state index contributed by atoms with van der Waals surface area (Å²) < 4.78 is 0. The summed E-state index contributed by atoms with van der Waals surface area (Å²) in [6.07, 6.45) is 0.767. The number of rotatable bonds is 2. The van der Waals surface area contributed by atoms with Crippen LogP contribution in [0.5, 0.6) is 0 Å². The van der Waals surface area contributed by atoms with E-state index in [9.17, 15) is 5.26 Å². The van der Waals surface area contributed by atoms with Crippen LogP contribution in [-0.2, 0) is 6.42 Å². The minimum Gasteiger partial charge on any atom is -0.383 e. The predicted octanol–water partition coefficient (Wildman–Crippen LogP) is 2.94. The molecule has 0 aliphatic rings. The van der Waals surface area contributed by atoms with Gasteiger partial charge >= 0.3 is 0 Å². The minimum atomic E-state index is 0.251. The molecule has 0 unspecified atom stereocenters. The molecule has 0 spiro atoms. The highest BCUT2D eigenvalue weighted by Gasteiger charge is 2.16. The maximum Gasteiger partial charge on any atom is 0.142 e. The summed E-state index contributed by atoms with van der Waals surface area (Å²) in [5, 5.41) is 18.2. The van der Waals surface area contributed by atoms with Crippen LogP contribution in [-0.4, -0.2) is 4.98 Å². The fraction of sp³-hybridized carbons (Fsp3) is 0.188. The summed E-state index contributed by atoms with van der Waals surface area (Å²) in [5.74, 6) is 0.251. The van der Waals surface area contributed by atoms with E-state index in [2.05, 4.69) is 17.1 Å². The first-order valence-corrected chi connectivity index (χ1v) is 6.32. The van der Waals surface area contributed by atoms with Crippen molar-refractivity contribution in [3.05, 3.63) is 46.6 Å². The summed E-state index contributed by atoms with van der Waals surface area (Å²) >= 11 is 0. The van der Waals surface area contributed by atoms with Crippen molar-refractivity contribution in [2.75, 3.05) is 5.73 Å². The summed E-state index contributed by atoms with van der Waals surface area (Å²) in [5.41, 5.74) is 10.4. The average molecular weight is 262 g/mol. The normalized spacial score (nSPS) is 9.80. The molecule has 20 heavy (non-hydrogen) atoms. The molecule has 0 radical (unpaired) electrons. The van der Waals surface area contributed by atoms with Gasteiger partial charge in [0.2, 0.25) is 0 Å². The molecule has 1 heterocycles. The third-order valence-corrected chi connectivity index (χ3v) is 3.30. The van der Waals surface area contributed by atoms with Gasteiger partial charge in [0.15, 0.2) is 0 Å². The molecular formula is C16H14N4. The number of nitrogens with zero attached hydrogens (tertiary/aromatic N) is 3. The molecular weight excluding hydrogens is 248 g/mol. The van der Waals surface area contributed by atoms with Crippen molar-refractivity contribution in [2.45, 2.75) is 20.3 Å². The van der Waals surface area contributed by atoms with E-state index in [4.69, 9.17) is 11.0 Å². The standard InChI is InChI=1S/C16H14N4/c1-3-13-10(2)20-16(19)14(9-18)15(13)12-6-4-11(8-17)5-7-12/h4-7H,3H2,1-2H3,(H2,19,20). The molecule has 0 aliphatic carbocycles. The van der Waals surface area contributed by atoms with Crippen molar-refractivity contribution in [1.82, 2.24) is 4.98 Å². The fourth-order valence-corrected chi connectivity index (χ4v) is 2.34. The maximum atomic E-state index is 9.35. The highest BCUT2D eigenvalue weighted by molar-refractivity contribution is 5.79. The van der Waals surface area contributed by atoms with Gasteiger partial charge in [-0.15, -0.1) is 0 Å². The van der Waals surface area contributed by atoms with Gasteiger partial charge in [-0.25, -0.2) is 4.98 Å². The second-order valence-electron chi connectivity index (χ2n) is 4.47. The van der Waals surface area contributed by atoms with E-state index in [1.807, 2.05) is 26.0 Å². The van der Waals surface area contributed by atoms with Crippen molar-refractivity contribution < 1.29 is 0 Å². The third kappa shape index (κ3) is 2.20. The molecule has 98 valence electrons. The number of nitrogens with two attached hydrogens (primary N) is 1. The van der Waals surface area contributed by atoms with Crippen LogP contribution in [0.4, 0.5) is 5.82 Å². The zero-order chi connectivity index (χ0) is 14.7. The second-order valence-corrected chi connectivity index (χ2v) is 4.47. The number of aromatic nitrogens is 1. The van der Waals surface area contributed by atoms with Crippen LogP contribution in [0.15, 0.2) is 24.3 Å². The fourth-order valence-electron chi connectivity index (χ4n) is 2.34. The number of nitriles is 2. The summed E-state index contributed by atoms with van der Waals surface area (Å²) in [6, 6.07) is 11.4. The van der Waals surface area contributed by atoms with Crippen molar-refractivity contribution >= 4 is 5.82 Å². The molecule has 0 saturated carbocycles. The first kappa shape index (κ1) is 13.6. The van der Waals surface area contributed by atoms with Gasteiger partial charge in [0.1, 0.15) is 17.5 Å². The molecule has 0 fully saturated rings. The van der Waals surface area contributed by atoms with Gasteiger partial charge in [0.05, 0.1) is 11.6 Å². The highest BCUT2D eigenvalue weighted by Crippen LogP contribution is 2.32. The third-order valence-electron chi connectivity index (χ3n) is 3.30. The predicted molar refractivity (Wildman–Crippen MR) is 77.6 cm³/mol. The van der Waals surface area contributed by atoms with E-state index >= 15 is 0 Å². The number of hydrogen-bond donors (Lipinski definition) is 1. The molecule has 0 atom stereocenters. The summed E-state index contributed by atoms with van der Waals surface area (Å²) in [4.78, 5) is 4.24. The zero-order valence-electron chi connectivity index (χ0n) is 11.4. The molecule has 2 aromatic rings. The van der Waals surface area contributed by atoms with Crippen LogP contribution in [0.3, 0.4) is 0 Å². The monoisotopic (exact) mass is 262 g/mol. The van der Waals surface area contributed by atoms with E-state index < -0.39 is 0 Å². The van der Waals surface area contributed by atoms with E-state index in [0.29, 0.717) is 11.1 Å². The van der Waals surface area contributed by atoms with Crippen LogP contribution >= 0.6 is 0 Å². The van der Waals surface area contributed by atoms with Gasteiger partial charge in [0.25, 0.3) is 0 Å². The van der Waals surface area contributed by atoms with Crippen LogP contribution in [0, 0.1) is 29.6 Å². The van der Waals surface area contributed by atoms with Gasteiger partial charge in [0, 0.05) is 11.3 Å². The largest absolute Gasteiger partial charge is 0.383 e. The van der Waals surface area contributed by atoms with Gasteiger partial charge in [-0.3, -0.25) is 0 Å².